The molecule has 0 amide bonds. The van der Waals surface area contributed by atoms with Crippen molar-refractivity contribution in [1.29, 1.82) is 0 Å². The van der Waals surface area contributed by atoms with Crippen molar-refractivity contribution >= 4 is 22.5 Å². The van der Waals surface area contributed by atoms with Gasteiger partial charge in [-0.1, -0.05) is 0 Å². The Kier molecular flexibility index (Phi) is 4.37. The minimum atomic E-state index is 0.387. The van der Waals surface area contributed by atoms with Gasteiger partial charge in [0.05, 0.1) is 34.5 Å². The van der Waals surface area contributed by atoms with Gasteiger partial charge in [0, 0.05) is 31.1 Å². The number of nitrogens with zero attached hydrogens (tertiary/aromatic N) is 5. The minimum Gasteiger partial charge on any atom is -0.381 e. The van der Waals surface area contributed by atoms with E-state index in [2.05, 4.69) is 20.4 Å². The summed E-state index contributed by atoms with van der Waals surface area (Å²) in [5.41, 5.74) is 4.61. The van der Waals surface area contributed by atoms with E-state index in [1.807, 2.05) is 47.2 Å². The monoisotopic (exact) mass is 374 g/mol. The van der Waals surface area contributed by atoms with Crippen LogP contribution in [0.25, 0.3) is 27.8 Å². The topological polar surface area (TPSA) is 77.2 Å². The number of anilines is 1. The van der Waals surface area contributed by atoms with Crippen molar-refractivity contribution in [2.24, 2.45) is 0 Å². The summed E-state index contributed by atoms with van der Waals surface area (Å²) in [6.07, 6.45) is 10.3. The molecule has 1 aliphatic carbocycles. The third kappa shape index (κ3) is 3.18. The number of hydrogen-bond donors (Lipinski definition) is 1. The maximum Gasteiger partial charge on any atom is 0.241 e. The highest BCUT2D eigenvalue weighted by Crippen LogP contribution is 2.26. The molecule has 0 aromatic carbocycles. The molecule has 7 heteroatoms. The zero-order chi connectivity index (χ0) is 18.9. The largest absolute Gasteiger partial charge is 0.381 e. The predicted molar refractivity (Wildman–Crippen MR) is 108 cm³/mol. The first-order chi connectivity index (χ1) is 13.8. The van der Waals surface area contributed by atoms with Crippen LogP contribution in [0.3, 0.4) is 0 Å². The van der Waals surface area contributed by atoms with Crippen molar-refractivity contribution in [2.75, 3.05) is 12.4 Å². The summed E-state index contributed by atoms with van der Waals surface area (Å²) in [4.78, 5) is 13.6. The lowest BCUT2D eigenvalue weighted by Gasteiger charge is -2.28. The Hall–Kier alpha value is -3.06. The SMILES string of the molecule is CO[C@H]1CC[C@H](Nc2ncc3c(-c4ccc5ncccc5n4)ccn3n2)CC1. The molecule has 1 N–H and O–H groups in total. The Bertz CT molecular complexity index is 1120. The molecule has 0 atom stereocenters. The number of aromatic nitrogens is 5. The van der Waals surface area contributed by atoms with Crippen LogP contribution in [0.5, 0.6) is 0 Å². The molecule has 0 bridgehead atoms. The number of methoxy groups -OCH3 is 1. The summed E-state index contributed by atoms with van der Waals surface area (Å²) >= 11 is 0. The number of pyridine rings is 2. The van der Waals surface area contributed by atoms with Crippen molar-refractivity contribution in [2.45, 2.75) is 37.8 Å². The summed E-state index contributed by atoms with van der Waals surface area (Å²) in [5, 5.41) is 8.11. The molecule has 1 aliphatic rings. The van der Waals surface area contributed by atoms with Gasteiger partial charge in [-0.2, -0.15) is 0 Å². The van der Waals surface area contributed by atoms with E-state index in [4.69, 9.17) is 9.72 Å². The van der Waals surface area contributed by atoms with Gasteiger partial charge >= 0.3 is 0 Å². The van der Waals surface area contributed by atoms with Crippen LogP contribution in [0.1, 0.15) is 25.7 Å². The highest BCUT2D eigenvalue weighted by molar-refractivity contribution is 5.83. The Morgan fingerprint density at radius 2 is 1.93 bits per heavy atom. The van der Waals surface area contributed by atoms with Crippen LogP contribution in [0.15, 0.2) is 48.9 Å². The van der Waals surface area contributed by atoms with Gasteiger partial charge in [-0.25, -0.2) is 14.5 Å². The van der Waals surface area contributed by atoms with E-state index in [0.717, 1.165) is 53.5 Å². The molecular formula is C21H22N6O. The first kappa shape index (κ1) is 17.1. The van der Waals surface area contributed by atoms with Gasteiger partial charge in [0.1, 0.15) is 0 Å². The summed E-state index contributed by atoms with van der Waals surface area (Å²) in [5.74, 6) is 0.659. The van der Waals surface area contributed by atoms with Crippen LogP contribution in [0, 0.1) is 0 Å². The quantitative estimate of drug-likeness (QED) is 0.587. The molecule has 5 rings (SSSR count). The molecule has 0 spiro atoms. The smallest absolute Gasteiger partial charge is 0.241 e. The molecule has 142 valence electrons. The van der Waals surface area contributed by atoms with E-state index in [-0.39, 0.29) is 0 Å². The van der Waals surface area contributed by atoms with Crippen LogP contribution >= 0.6 is 0 Å². The van der Waals surface area contributed by atoms with Gasteiger partial charge < -0.3 is 10.1 Å². The molecule has 0 radical (unpaired) electrons. The van der Waals surface area contributed by atoms with Crippen LogP contribution in [-0.4, -0.2) is 43.8 Å². The van der Waals surface area contributed by atoms with Crippen LogP contribution in [0.2, 0.25) is 0 Å². The fraction of sp³-hybridized carbons (Fsp3) is 0.333. The minimum absolute atomic E-state index is 0.387. The molecule has 1 saturated carbocycles. The average Bonchev–Trinajstić information content (AvgIpc) is 3.17. The lowest BCUT2D eigenvalue weighted by atomic mass is 9.93. The molecule has 0 unspecified atom stereocenters. The molecule has 4 aromatic rings. The van der Waals surface area contributed by atoms with Crippen molar-refractivity contribution in [3.8, 4) is 11.3 Å². The Labute approximate surface area is 162 Å². The van der Waals surface area contributed by atoms with Gasteiger partial charge in [0.2, 0.25) is 5.95 Å². The number of ether oxygens (including phenoxy) is 1. The summed E-state index contributed by atoms with van der Waals surface area (Å²) in [6, 6.07) is 10.3. The maximum atomic E-state index is 5.45. The zero-order valence-corrected chi connectivity index (χ0v) is 15.7. The van der Waals surface area contributed by atoms with Gasteiger partial charge in [-0.15, -0.1) is 5.10 Å². The van der Waals surface area contributed by atoms with E-state index in [0.29, 0.717) is 18.1 Å². The fourth-order valence-electron chi connectivity index (χ4n) is 3.92. The van der Waals surface area contributed by atoms with Gasteiger partial charge in [0.25, 0.3) is 0 Å². The van der Waals surface area contributed by atoms with Gasteiger partial charge in [0.15, 0.2) is 0 Å². The predicted octanol–water partition coefficient (Wildman–Crippen LogP) is 3.71. The molecular weight excluding hydrogens is 352 g/mol. The average molecular weight is 374 g/mol. The fourth-order valence-corrected chi connectivity index (χ4v) is 3.92. The lowest BCUT2D eigenvalue weighted by Crippen LogP contribution is -2.30. The van der Waals surface area contributed by atoms with Crippen molar-refractivity contribution in [1.82, 2.24) is 24.6 Å². The molecule has 28 heavy (non-hydrogen) atoms. The molecule has 0 aliphatic heterocycles. The Balaban J connectivity index is 1.40. The molecule has 7 nitrogen and oxygen atoms in total. The number of fused-ring (bicyclic) bond motifs is 2. The van der Waals surface area contributed by atoms with Crippen molar-refractivity contribution in [3.63, 3.8) is 0 Å². The Morgan fingerprint density at radius 3 is 2.79 bits per heavy atom. The summed E-state index contributed by atoms with van der Waals surface area (Å²) < 4.78 is 7.31. The number of hydrogen-bond acceptors (Lipinski definition) is 6. The van der Waals surface area contributed by atoms with Crippen molar-refractivity contribution in [3.05, 3.63) is 48.9 Å². The lowest BCUT2D eigenvalue weighted by molar-refractivity contribution is 0.0681. The van der Waals surface area contributed by atoms with Crippen LogP contribution in [0.4, 0.5) is 5.95 Å². The zero-order valence-electron chi connectivity index (χ0n) is 15.7. The second-order valence-electron chi connectivity index (χ2n) is 7.23. The Morgan fingerprint density at radius 1 is 1.04 bits per heavy atom. The van der Waals surface area contributed by atoms with E-state index in [1.54, 1.807) is 13.3 Å². The number of rotatable bonds is 4. The van der Waals surface area contributed by atoms with Crippen LogP contribution in [-0.2, 0) is 4.74 Å². The molecule has 4 heterocycles. The first-order valence-electron chi connectivity index (χ1n) is 9.66. The van der Waals surface area contributed by atoms with Crippen molar-refractivity contribution < 1.29 is 4.74 Å². The van der Waals surface area contributed by atoms with Crippen LogP contribution < -0.4 is 5.32 Å². The summed E-state index contributed by atoms with van der Waals surface area (Å²) in [6.45, 7) is 0. The molecule has 1 fully saturated rings. The van der Waals surface area contributed by atoms with Gasteiger partial charge in [-0.3, -0.25) is 4.98 Å². The van der Waals surface area contributed by atoms with Gasteiger partial charge in [-0.05, 0) is 56.0 Å². The second-order valence-corrected chi connectivity index (χ2v) is 7.23. The maximum absolute atomic E-state index is 5.45. The third-order valence-electron chi connectivity index (χ3n) is 5.49. The van der Waals surface area contributed by atoms with E-state index >= 15 is 0 Å². The third-order valence-corrected chi connectivity index (χ3v) is 5.49. The number of nitrogens with one attached hydrogen (secondary N) is 1. The molecule has 4 aromatic heterocycles. The standard InChI is InChI=1S/C21H22N6O/c1-28-15-6-4-14(5-7-15)24-21-23-13-20-16(10-12-27(20)26-21)17-8-9-18-19(25-17)3-2-11-22-18/h2-3,8-15H,4-7H2,1H3,(H,24,26)/t14-,15-. The van der Waals surface area contributed by atoms with E-state index in [1.165, 1.54) is 0 Å². The summed E-state index contributed by atoms with van der Waals surface area (Å²) in [7, 11) is 1.79. The van der Waals surface area contributed by atoms with E-state index < -0.39 is 0 Å². The highest BCUT2D eigenvalue weighted by atomic mass is 16.5. The normalized spacial score (nSPS) is 19.9. The highest BCUT2D eigenvalue weighted by Gasteiger charge is 2.21. The van der Waals surface area contributed by atoms with E-state index in [9.17, 15) is 0 Å². The first-order valence-corrected chi connectivity index (χ1v) is 9.66. The molecule has 0 saturated heterocycles. The second kappa shape index (κ2) is 7.16.